The van der Waals surface area contributed by atoms with Gasteiger partial charge < -0.3 is 9.45 Å². The summed E-state index contributed by atoms with van der Waals surface area (Å²) in [4.78, 5) is 11.0. The smallest absolute Gasteiger partial charge is 0.125 e. The summed E-state index contributed by atoms with van der Waals surface area (Å²) in [7, 11) is 2.09. The van der Waals surface area contributed by atoms with Gasteiger partial charge in [0.1, 0.15) is 5.75 Å². The lowest BCUT2D eigenvalue weighted by Gasteiger charge is -2.22. The number of rotatable bonds is 10. The highest BCUT2D eigenvalue weighted by molar-refractivity contribution is 7.89. The van der Waals surface area contributed by atoms with Gasteiger partial charge in [0.2, 0.25) is 0 Å². The standard InChI is InChI=1S/C15H28N4OS/c1-5-7-10-21(20)18-14(8-9-19(4)6-2)15-12-16-13(3)11-17-15/h11-12,14,18H,5-10H2,1-4H3/t14?,21-/m1/s1. The highest BCUT2D eigenvalue weighted by Crippen LogP contribution is 2.16. The van der Waals surface area contributed by atoms with Gasteiger partial charge in [-0.05, 0) is 39.9 Å². The fourth-order valence-corrected chi connectivity index (χ4v) is 3.07. The predicted molar refractivity (Wildman–Crippen MR) is 88.4 cm³/mol. The second-order valence-electron chi connectivity index (χ2n) is 5.34. The highest BCUT2D eigenvalue weighted by Gasteiger charge is 2.20. The molecule has 0 fully saturated rings. The summed E-state index contributed by atoms with van der Waals surface area (Å²) < 4.78 is 15.3. The van der Waals surface area contributed by atoms with Crippen molar-refractivity contribution in [1.29, 1.82) is 0 Å². The Labute approximate surface area is 131 Å². The largest absolute Gasteiger partial charge is 0.598 e. The zero-order chi connectivity index (χ0) is 15.7. The van der Waals surface area contributed by atoms with E-state index in [0.29, 0.717) is 5.75 Å². The Morgan fingerprint density at radius 2 is 2.10 bits per heavy atom. The second-order valence-corrected chi connectivity index (χ2v) is 6.68. The lowest BCUT2D eigenvalue weighted by Crippen LogP contribution is -2.33. The first-order valence-corrected chi connectivity index (χ1v) is 9.00. The minimum atomic E-state index is -1.01. The molecule has 0 aromatic carbocycles. The van der Waals surface area contributed by atoms with E-state index in [9.17, 15) is 4.55 Å². The average molecular weight is 312 g/mol. The third kappa shape index (κ3) is 7.22. The van der Waals surface area contributed by atoms with E-state index >= 15 is 0 Å². The van der Waals surface area contributed by atoms with E-state index in [1.54, 1.807) is 12.4 Å². The molecule has 0 aliphatic carbocycles. The Bertz CT molecular complexity index is 388. The van der Waals surface area contributed by atoms with Crippen molar-refractivity contribution >= 4 is 11.4 Å². The summed E-state index contributed by atoms with van der Waals surface area (Å²) in [6.07, 6.45) is 6.46. The number of nitrogens with zero attached hydrogens (tertiary/aromatic N) is 3. The first-order chi connectivity index (χ1) is 10.1. The van der Waals surface area contributed by atoms with Gasteiger partial charge in [0.25, 0.3) is 0 Å². The van der Waals surface area contributed by atoms with E-state index in [1.807, 2.05) is 6.92 Å². The maximum Gasteiger partial charge on any atom is 0.125 e. The van der Waals surface area contributed by atoms with Crippen LogP contribution in [0.3, 0.4) is 0 Å². The molecule has 1 unspecified atom stereocenters. The van der Waals surface area contributed by atoms with Gasteiger partial charge in [0.05, 0.1) is 23.6 Å². The number of aromatic nitrogens is 2. The van der Waals surface area contributed by atoms with Crippen LogP contribution >= 0.6 is 0 Å². The minimum Gasteiger partial charge on any atom is -0.598 e. The van der Waals surface area contributed by atoms with Crippen LogP contribution in [0.5, 0.6) is 0 Å². The van der Waals surface area contributed by atoms with Crippen molar-refractivity contribution in [2.24, 2.45) is 0 Å². The minimum absolute atomic E-state index is 0.00945. The molecule has 0 saturated heterocycles. The maximum atomic E-state index is 12.1. The Hall–Kier alpha value is -0.690. The van der Waals surface area contributed by atoms with Crippen LogP contribution in [0.2, 0.25) is 0 Å². The Kier molecular flexibility index (Phi) is 8.84. The van der Waals surface area contributed by atoms with Crippen LogP contribution in [0.1, 0.15) is 50.5 Å². The van der Waals surface area contributed by atoms with Crippen LogP contribution in [0.15, 0.2) is 12.4 Å². The van der Waals surface area contributed by atoms with Crippen LogP contribution < -0.4 is 4.72 Å². The second kappa shape index (κ2) is 10.1. The van der Waals surface area contributed by atoms with Crippen molar-refractivity contribution in [3.05, 3.63) is 23.8 Å². The van der Waals surface area contributed by atoms with Gasteiger partial charge in [-0.1, -0.05) is 20.3 Å². The molecule has 21 heavy (non-hydrogen) atoms. The van der Waals surface area contributed by atoms with E-state index in [-0.39, 0.29) is 6.04 Å². The topological polar surface area (TPSA) is 64.1 Å². The average Bonchev–Trinajstić information content (AvgIpc) is 2.49. The maximum absolute atomic E-state index is 12.1. The Morgan fingerprint density at radius 3 is 2.67 bits per heavy atom. The molecule has 0 saturated carbocycles. The number of hydrogen-bond donors (Lipinski definition) is 1. The number of hydrogen-bond acceptors (Lipinski definition) is 5. The summed E-state index contributed by atoms with van der Waals surface area (Å²) in [5.41, 5.74) is 1.77. The molecular formula is C15H28N4OS. The SMILES string of the molecule is CCCC[S@@+]([O-])NC(CCN(C)CC)c1cnc(C)cn1. The van der Waals surface area contributed by atoms with Crippen molar-refractivity contribution in [1.82, 2.24) is 19.6 Å². The molecule has 1 aromatic heterocycles. The summed E-state index contributed by atoms with van der Waals surface area (Å²) in [6.45, 7) is 8.10. The predicted octanol–water partition coefficient (Wildman–Crippen LogP) is 2.22. The summed E-state index contributed by atoms with van der Waals surface area (Å²) >= 11 is -1.01. The van der Waals surface area contributed by atoms with Gasteiger partial charge in [-0.3, -0.25) is 9.97 Å². The first kappa shape index (κ1) is 18.4. The zero-order valence-electron chi connectivity index (χ0n) is 13.6. The first-order valence-electron chi connectivity index (χ1n) is 7.68. The number of unbranched alkanes of at least 4 members (excludes halogenated alkanes) is 1. The summed E-state index contributed by atoms with van der Waals surface area (Å²) in [6, 6.07) is -0.00945. The highest BCUT2D eigenvalue weighted by atomic mass is 32.2. The molecular weight excluding hydrogens is 284 g/mol. The third-order valence-electron chi connectivity index (χ3n) is 3.45. The van der Waals surface area contributed by atoms with E-state index in [4.69, 9.17) is 0 Å². The van der Waals surface area contributed by atoms with Crippen LogP contribution in [-0.4, -0.2) is 45.3 Å². The lowest BCUT2D eigenvalue weighted by molar-refractivity contribution is 0.328. The van der Waals surface area contributed by atoms with Crippen LogP contribution in [0.4, 0.5) is 0 Å². The zero-order valence-corrected chi connectivity index (χ0v) is 14.4. The number of aryl methyl sites for hydroxylation is 1. The van der Waals surface area contributed by atoms with Crippen molar-refractivity contribution in [2.75, 3.05) is 25.9 Å². The molecule has 0 amide bonds. The van der Waals surface area contributed by atoms with Gasteiger partial charge in [0, 0.05) is 17.6 Å². The molecule has 0 aliphatic heterocycles. The molecule has 1 aromatic rings. The van der Waals surface area contributed by atoms with E-state index < -0.39 is 11.4 Å². The molecule has 1 rings (SSSR count). The molecule has 0 spiro atoms. The molecule has 0 aliphatic rings. The fourth-order valence-electron chi connectivity index (χ4n) is 1.85. The quantitative estimate of drug-likeness (QED) is 0.671. The summed E-state index contributed by atoms with van der Waals surface area (Å²) in [5, 5.41) is 0. The molecule has 6 heteroatoms. The van der Waals surface area contributed by atoms with Gasteiger partial charge >= 0.3 is 0 Å². The van der Waals surface area contributed by atoms with E-state index in [2.05, 4.69) is 40.5 Å². The summed E-state index contributed by atoms with van der Waals surface area (Å²) in [5.74, 6) is 0.690. The van der Waals surface area contributed by atoms with Crippen molar-refractivity contribution in [3.63, 3.8) is 0 Å². The van der Waals surface area contributed by atoms with E-state index in [0.717, 1.165) is 43.7 Å². The molecule has 0 bridgehead atoms. The van der Waals surface area contributed by atoms with Crippen molar-refractivity contribution in [3.8, 4) is 0 Å². The fraction of sp³-hybridized carbons (Fsp3) is 0.733. The van der Waals surface area contributed by atoms with Crippen molar-refractivity contribution in [2.45, 2.75) is 46.1 Å². The monoisotopic (exact) mass is 312 g/mol. The normalized spacial score (nSPS) is 14.4. The lowest BCUT2D eigenvalue weighted by atomic mass is 10.1. The van der Waals surface area contributed by atoms with Crippen LogP contribution in [0.25, 0.3) is 0 Å². The molecule has 2 atom stereocenters. The van der Waals surface area contributed by atoms with Gasteiger partial charge in [0.15, 0.2) is 0 Å². The van der Waals surface area contributed by atoms with E-state index in [1.165, 1.54) is 0 Å². The Morgan fingerprint density at radius 1 is 1.33 bits per heavy atom. The molecule has 1 N–H and O–H groups in total. The molecule has 1 heterocycles. The number of nitrogens with one attached hydrogen (secondary N) is 1. The van der Waals surface area contributed by atoms with Gasteiger partial charge in [-0.25, -0.2) is 0 Å². The molecule has 5 nitrogen and oxygen atoms in total. The Balaban J connectivity index is 2.67. The molecule has 120 valence electrons. The molecule has 0 radical (unpaired) electrons. The van der Waals surface area contributed by atoms with Crippen LogP contribution in [0, 0.1) is 6.92 Å². The van der Waals surface area contributed by atoms with Gasteiger partial charge in [-0.2, -0.15) is 0 Å². The van der Waals surface area contributed by atoms with Crippen molar-refractivity contribution < 1.29 is 4.55 Å². The van der Waals surface area contributed by atoms with Gasteiger partial charge in [-0.15, -0.1) is 4.72 Å². The third-order valence-corrected chi connectivity index (χ3v) is 4.66. The van der Waals surface area contributed by atoms with Crippen LogP contribution in [-0.2, 0) is 11.4 Å².